The fourth-order valence-electron chi connectivity index (χ4n) is 4.26. The molecular formula is C32H23BrClFN2O6. The monoisotopic (exact) mass is 664 g/mol. The summed E-state index contributed by atoms with van der Waals surface area (Å²) in [6, 6.07) is 22.1. The van der Waals surface area contributed by atoms with Crippen LogP contribution in [-0.2, 0) is 22.8 Å². The van der Waals surface area contributed by atoms with Crippen LogP contribution in [0.2, 0.25) is 5.02 Å². The SMILES string of the molecule is COc1cc(/C=C2\C(=O)NC(=O)N(c3ccc(OCc4ccccc4Cl)cc3)C2=O)cc(Br)c1OCc1ccccc1F. The summed E-state index contributed by atoms with van der Waals surface area (Å²) in [5, 5.41) is 2.78. The minimum atomic E-state index is -0.882. The summed E-state index contributed by atoms with van der Waals surface area (Å²) in [6.07, 6.45) is 1.34. The normalized spacial score (nSPS) is 14.1. The van der Waals surface area contributed by atoms with E-state index in [0.717, 1.165) is 10.5 Å². The third-order valence-electron chi connectivity index (χ3n) is 6.44. The molecule has 5 rings (SSSR count). The van der Waals surface area contributed by atoms with Gasteiger partial charge in [0.05, 0.1) is 17.3 Å². The molecule has 1 aliphatic heterocycles. The van der Waals surface area contributed by atoms with E-state index in [1.807, 2.05) is 18.2 Å². The van der Waals surface area contributed by atoms with Crippen molar-refractivity contribution in [1.29, 1.82) is 0 Å². The Labute approximate surface area is 259 Å². The topological polar surface area (TPSA) is 94.2 Å². The molecule has 0 saturated carbocycles. The first-order valence-corrected chi connectivity index (χ1v) is 14.0. The molecule has 1 fully saturated rings. The predicted molar refractivity (Wildman–Crippen MR) is 163 cm³/mol. The Balaban J connectivity index is 1.35. The van der Waals surface area contributed by atoms with E-state index in [4.69, 9.17) is 25.8 Å². The molecule has 0 aliphatic carbocycles. The number of hydrogen-bond acceptors (Lipinski definition) is 6. The molecule has 4 aromatic rings. The number of nitrogens with one attached hydrogen (secondary N) is 1. The number of hydrogen-bond donors (Lipinski definition) is 1. The molecule has 0 unspecified atom stereocenters. The van der Waals surface area contributed by atoms with Crippen molar-refractivity contribution < 1.29 is 33.0 Å². The van der Waals surface area contributed by atoms with Gasteiger partial charge in [0, 0.05) is 16.1 Å². The average Bonchev–Trinajstić information content (AvgIpc) is 2.99. The van der Waals surface area contributed by atoms with Gasteiger partial charge in [-0.1, -0.05) is 48.0 Å². The van der Waals surface area contributed by atoms with Crippen LogP contribution in [0.15, 0.2) is 95.0 Å². The molecule has 11 heteroatoms. The van der Waals surface area contributed by atoms with Gasteiger partial charge in [0.2, 0.25) is 0 Å². The van der Waals surface area contributed by atoms with Crippen LogP contribution in [0.25, 0.3) is 6.08 Å². The Morgan fingerprint density at radius 1 is 0.907 bits per heavy atom. The second kappa shape index (κ2) is 13.1. The van der Waals surface area contributed by atoms with Crippen LogP contribution < -0.4 is 24.4 Å². The van der Waals surface area contributed by atoms with Crippen molar-refractivity contribution in [3.63, 3.8) is 0 Å². The number of benzene rings is 4. The number of nitrogens with zero attached hydrogens (tertiary/aromatic N) is 1. The summed E-state index contributed by atoms with van der Waals surface area (Å²) in [7, 11) is 1.43. The molecule has 4 aromatic carbocycles. The van der Waals surface area contributed by atoms with Gasteiger partial charge in [-0.15, -0.1) is 0 Å². The fraction of sp³-hybridized carbons (Fsp3) is 0.0938. The molecule has 0 aromatic heterocycles. The summed E-state index contributed by atoms with van der Waals surface area (Å²) in [6.45, 7) is 0.180. The van der Waals surface area contributed by atoms with Gasteiger partial charge in [0.25, 0.3) is 11.8 Å². The summed E-state index contributed by atoms with van der Waals surface area (Å²) >= 11 is 9.60. The number of rotatable bonds is 9. The van der Waals surface area contributed by atoms with Crippen molar-refractivity contribution in [3.05, 3.63) is 123 Å². The third-order valence-corrected chi connectivity index (χ3v) is 7.40. The van der Waals surface area contributed by atoms with Gasteiger partial charge in [-0.3, -0.25) is 14.9 Å². The molecule has 0 radical (unpaired) electrons. The van der Waals surface area contributed by atoms with Crippen LogP contribution in [0.1, 0.15) is 16.7 Å². The largest absolute Gasteiger partial charge is 0.493 e. The molecule has 1 N–H and O–H groups in total. The van der Waals surface area contributed by atoms with Crippen molar-refractivity contribution in [2.75, 3.05) is 12.0 Å². The van der Waals surface area contributed by atoms with Crippen LogP contribution in [0.5, 0.6) is 17.2 Å². The van der Waals surface area contributed by atoms with Gasteiger partial charge in [0.1, 0.15) is 30.4 Å². The molecule has 0 atom stereocenters. The number of anilines is 1. The number of barbiturate groups is 1. The Hall–Kier alpha value is -4.67. The number of ether oxygens (including phenoxy) is 3. The van der Waals surface area contributed by atoms with Crippen molar-refractivity contribution in [3.8, 4) is 17.2 Å². The Morgan fingerprint density at radius 3 is 2.28 bits per heavy atom. The molecule has 4 amide bonds. The summed E-state index contributed by atoms with van der Waals surface area (Å²) < 4.78 is 31.5. The number of urea groups is 1. The number of halogens is 3. The van der Waals surface area contributed by atoms with Gasteiger partial charge >= 0.3 is 6.03 Å². The second-order valence-corrected chi connectivity index (χ2v) is 10.5. The first-order chi connectivity index (χ1) is 20.7. The Bertz CT molecular complexity index is 1740. The molecule has 1 saturated heterocycles. The first kappa shape index (κ1) is 29.8. The van der Waals surface area contributed by atoms with Gasteiger partial charge in [-0.05, 0) is 76.1 Å². The van der Waals surface area contributed by atoms with Crippen molar-refractivity contribution in [2.24, 2.45) is 0 Å². The highest BCUT2D eigenvalue weighted by atomic mass is 79.9. The molecule has 218 valence electrons. The highest BCUT2D eigenvalue weighted by Crippen LogP contribution is 2.38. The van der Waals surface area contributed by atoms with Crippen LogP contribution in [-0.4, -0.2) is 25.0 Å². The van der Waals surface area contributed by atoms with Gasteiger partial charge in [-0.2, -0.15) is 0 Å². The average molecular weight is 666 g/mol. The summed E-state index contributed by atoms with van der Waals surface area (Å²) in [5.41, 5.74) is 1.55. The van der Waals surface area contributed by atoms with E-state index >= 15 is 0 Å². The lowest BCUT2D eigenvalue weighted by Crippen LogP contribution is -2.54. The molecule has 1 aliphatic rings. The fourth-order valence-corrected chi connectivity index (χ4v) is 5.02. The van der Waals surface area contributed by atoms with Gasteiger partial charge in [-0.25, -0.2) is 14.1 Å². The van der Waals surface area contributed by atoms with E-state index in [1.165, 1.54) is 31.4 Å². The number of carbonyl (C=O) groups excluding carboxylic acids is 3. The molecule has 8 nitrogen and oxygen atoms in total. The highest BCUT2D eigenvalue weighted by molar-refractivity contribution is 9.10. The predicted octanol–water partition coefficient (Wildman–Crippen LogP) is 7.07. The molecular weight excluding hydrogens is 643 g/mol. The van der Waals surface area contributed by atoms with Gasteiger partial charge in [0.15, 0.2) is 11.5 Å². The zero-order chi connectivity index (χ0) is 30.5. The van der Waals surface area contributed by atoms with Crippen LogP contribution in [0.4, 0.5) is 14.9 Å². The minimum Gasteiger partial charge on any atom is -0.493 e. The van der Waals surface area contributed by atoms with E-state index in [-0.39, 0.29) is 30.2 Å². The molecule has 43 heavy (non-hydrogen) atoms. The van der Waals surface area contributed by atoms with E-state index in [1.54, 1.807) is 48.5 Å². The van der Waals surface area contributed by atoms with E-state index in [9.17, 15) is 18.8 Å². The zero-order valence-corrected chi connectivity index (χ0v) is 24.9. The maximum Gasteiger partial charge on any atom is 0.335 e. The third kappa shape index (κ3) is 6.71. The first-order valence-electron chi connectivity index (χ1n) is 12.9. The van der Waals surface area contributed by atoms with Crippen LogP contribution >= 0.6 is 27.5 Å². The van der Waals surface area contributed by atoms with Crippen LogP contribution in [0, 0.1) is 5.82 Å². The maximum absolute atomic E-state index is 14.0. The van der Waals surface area contributed by atoms with Crippen LogP contribution in [0.3, 0.4) is 0 Å². The summed E-state index contributed by atoms with van der Waals surface area (Å²) in [4.78, 5) is 39.7. The lowest BCUT2D eigenvalue weighted by Gasteiger charge is -2.26. The molecule has 1 heterocycles. The summed E-state index contributed by atoms with van der Waals surface area (Å²) in [5.74, 6) is -0.981. The number of methoxy groups -OCH3 is 1. The maximum atomic E-state index is 14.0. The van der Waals surface area contributed by atoms with Crippen molar-refractivity contribution >= 4 is 57.1 Å². The van der Waals surface area contributed by atoms with Crippen molar-refractivity contribution in [1.82, 2.24) is 5.32 Å². The smallest absolute Gasteiger partial charge is 0.335 e. The Morgan fingerprint density at radius 2 is 1.58 bits per heavy atom. The van der Waals surface area contributed by atoms with Gasteiger partial charge < -0.3 is 14.2 Å². The lowest BCUT2D eigenvalue weighted by atomic mass is 10.1. The van der Waals surface area contributed by atoms with E-state index in [0.29, 0.717) is 32.1 Å². The minimum absolute atomic E-state index is 0.0517. The van der Waals surface area contributed by atoms with E-state index in [2.05, 4.69) is 21.2 Å². The van der Waals surface area contributed by atoms with Crippen molar-refractivity contribution in [2.45, 2.75) is 13.2 Å². The highest BCUT2D eigenvalue weighted by Gasteiger charge is 2.37. The number of amides is 4. The lowest BCUT2D eigenvalue weighted by molar-refractivity contribution is -0.122. The standard InChI is InChI=1S/C32H23BrClFN2O6/c1-41-28-16-19(15-25(33)29(28)43-18-21-7-3-5-9-27(21)35)14-24-30(38)36-32(40)37(31(24)39)22-10-12-23(13-11-22)42-17-20-6-2-4-8-26(20)34/h2-16H,17-18H2,1H3,(H,36,38,40)/b24-14+. The zero-order valence-electron chi connectivity index (χ0n) is 22.6. The second-order valence-electron chi connectivity index (χ2n) is 9.25. The molecule has 0 bridgehead atoms. The molecule has 0 spiro atoms. The number of carbonyl (C=O) groups is 3. The van der Waals surface area contributed by atoms with E-state index < -0.39 is 23.7 Å². The quantitative estimate of drug-likeness (QED) is 0.152. The number of imide groups is 2. The Kier molecular flexibility index (Phi) is 9.08.